The minimum absolute atomic E-state index is 0.299. The molecule has 0 bridgehead atoms. The molecule has 2 heterocycles. The Hall–Kier alpha value is -1.13. The van der Waals surface area contributed by atoms with Gasteiger partial charge in [-0.15, -0.1) is 0 Å². The average molecular weight is 263 g/mol. The lowest BCUT2D eigenvalue weighted by Gasteiger charge is -2.40. The molecule has 0 saturated carbocycles. The molecule has 0 amide bonds. The van der Waals surface area contributed by atoms with E-state index in [2.05, 4.69) is 48.1 Å². The van der Waals surface area contributed by atoms with Crippen LogP contribution in [0.5, 0.6) is 0 Å². The van der Waals surface area contributed by atoms with Gasteiger partial charge < -0.3 is 15.0 Å². The quantitative estimate of drug-likeness (QED) is 0.883. The van der Waals surface area contributed by atoms with Gasteiger partial charge in [0.05, 0.1) is 24.4 Å². The third-order valence-corrected chi connectivity index (χ3v) is 3.63. The van der Waals surface area contributed by atoms with Crippen molar-refractivity contribution in [2.24, 2.45) is 0 Å². The van der Waals surface area contributed by atoms with Gasteiger partial charge in [-0.2, -0.15) is 0 Å². The van der Waals surface area contributed by atoms with Crippen molar-refractivity contribution in [3.05, 3.63) is 24.0 Å². The smallest absolute Gasteiger partial charge is 0.0723 e. The number of hydrogen-bond donors (Lipinski definition) is 1. The molecule has 1 saturated heterocycles. The first-order chi connectivity index (χ1) is 9.24. The Bertz CT molecular complexity index is 397. The summed E-state index contributed by atoms with van der Waals surface area (Å²) in [6, 6.07) is 4.78. The fourth-order valence-electron chi connectivity index (χ4n) is 2.49. The Balaban J connectivity index is 2.13. The molecule has 2 rings (SSSR count). The van der Waals surface area contributed by atoms with Gasteiger partial charge in [0.25, 0.3) is 0 Å². The SMILES string of the molecule is CCNCc1cc(N2CC(C)OCC2CC)ccn1. The number of nitrogens with zero attached hydrogens (tertiary/aromatic N) is 2. The van der Waals surface area contributed by atoms with E-state index in [1.807, 2.05) is 6.20 Å². The summed E-state index contributed by atoms with van der Waals surface area (Å²) >= 11 is 0. The fourth-order valence-corrected chi connectivity index (χ4v) is 2.49. The van der Waals surface area contributed by atoms with Crippen molar-refractivity contribution >= 4 is 5.69 Å². The van der Waals surface area contributed by atoms with Crippen LogP contribution in [0.1, 0.15) is 32.9 Å². The molecule has 0 spiro atoms. The highest BCUT2D eigenvalue weighted by Gasteiger charge is 2.25. The second-order valence-corrected chi connectivity index (χ2v) is 5.14. The summed E-state index contributed by atoms with van der Waals surface area (Å²) in [6.45, 7) is 10.1. The maximum Gasteiger partial charge on any atom is 0.0723 e. The average Bonchev–Trinajstić information content (AvgIpc) is 2.45. The van der Waals surface area contributed by atoms with E-state index >= 15 is 0 Å². The number of anilines is 1. The first kappa shape index (κ1) is 14.3. The zero-order valence-corrected chi connectivity index (χ0v) is 12.2. The molecule has 0 aliphatic carbocycles. The summed E-state index contributed by atoms with van der Waals surface area (Å²) in [5.41, 5.74) is 2.37. The number of nitrogens with one attached hydrogen (secondary N) is 1. The van der Waals surface area contributed by atoms with Crippen molar-refractivity contribution in [3.8, 4) is 0 Å². The maximum atomic E-state index is 5.76. The predicted molar refractivity (Wildman–Crippen MR) is 78.5 cm³/mol. The molecule has 1 N–H and O–H groups in total. The Kier molecular flexibility index (Phi) is 5.16. The lowest BCUT2D eigenvalue weighted by atomic mass is 10.1. The van der Waals surface area contributed by atoms with Crippen LogP contribution in [0.4, 0.5) is 5.69 Å². The highest BCUT2D eigenvalue weighted by Crippen LogP contribution is 2.23. The number of aromatic nitrogens is 1. The van der Waals surface area contributed by atoms with Crippen molar-refractivity contribution in [1.82, 2.24) is 10.3 Å². The zero-order chi connectivity index (χ0) is 13.7. The van der Waals surface area contributed by atoms with E-state index < -0.39 is 0 Å². The summed E-state index contributed by atoms with van der Waals surface area (Å²) in [4.78, 5) is 6.88. The van der Waals surface area contributed by atoms with Gasteiger partial charge in [0.15, 0.2) is 0 Å². The molecule has 1 aliphatic rings. The van der Waals surface area contributed by atoms with Crippen molar-refractivity contribution < 1.29 is 4.74 Å². The largest absolute Gasteiger partial charge is 0.375 e. The number of morpholine rings is 1. The third kappa shape index (κ3) is 3.67. The molecular formula is C15H25N3O. The van der Waals surface area contributed by atoms with Gasteiger partial charge in [-0.25, -0.2) is 0 Å². The van der Waals surface area contributed by atoms with Crippen molar-refractivity contribution in [2.45, 2.75) is 45.9 Å². The second kappa shape index (κ2) is 6.87. The molecule has 1 aliphatic heterocycles. The predicted octanol–water partition coefficient (Wildman–Crippen LogP) is 2.19. The Labute approximate surface area is 116 Å². The molecule has 19 heavy (non-hydrogen) atoms. The number of hydrogen-bond acceptors (Lipinski definition) is 4. The van der Waals surface area contributed by atoms with E-state index in [-0.39, 0.29) is 0 Å². The van der Waals surface area contributed by atoms with Crippen LogP contribution in [-0.4, -0.2) is 36.8 Å². The van der Waals surface area contributed by atoms with Crippen LogP contribution in [0.3, 0.4) is 0 Å². The van der Waals surface area contributed by atoms with Gasteiger partial charge in [0, 0.05) is 25.0 Å². The molecule has 106 valence electrons. The van der Waals surface area contributed by atoms with Gasteiger partial charge in [-0.1, -0.05) is 13.8 Å². The van der Waals surface area contributed by atoms with E-state index in [1.165, 1.54) is 5.69 Å². The minimum atomic E-state index is 0.299. The highest BCUT2D eigenvalue weighted by molar-refractivity contribution is 5.48. The monoisotopic (exact) mass is 263 g/mol. The van der Waals surface area contributed by atoms with E-state index in [4.69, 9.17) is 4.74 Å². The molecule has 4 heteroatoms. The first-order valence-corrected chi connectivity index (χ1v) is 7.28. The molecule has 2 unspecified atom stereocenters. The molecule has 1 fully saturated rings. The van der Waals surface area contributed by atoms with Gasteiger partial charge in [-0.3, -0.25) is 4.98 Å². The summed E-state index contributed by atoms with van der Waals surface area (Å²) < 4.78 is 5.76. The summed E-state index contributed by atoms with van der Waals surface area (Å²) in [5.74, 6) is 0. The van der Waals surface area contributed by atoms with E-state index in [0.717, 1.165) is 38.4 Å². The lowest BCUT2D eigenvalue weighted by Crippen LogP contribution is -2.48. The fraction of sp³-hybridized carbons (Fsp3) is 0.667. The van der Waals surface area contributed by atoms with E-state index in [0.29, 0.717) is 12.1 Å². The molecule has 0 aromatic carbocycles. The van der Waals surface area contributed by atoms with Crippen LogP contribution in [0, 0.1) is 0 Å². The molecule has 2 atom stereocenters. The van der Waals surface area contributed by atoms with Crippen LogP contribution >= 0.6 is 0 Å². The highest BCUT2D eigenvalue weighted by atomic mass is 16.5. The standard InChI is InChI=1S/C15H25N3O/c1-4-14-11-19-12(3)10-18(14)15-6-7-17-13(8-15)9-16-5-2/h6-8,12,14,16H,4-5,9-11H2,1-3H3. The van der Waals surface area contributed by atoms with Crippen LogP contribution < -0.4 is 10.2 Å². The number of ether oxygens (including phenoxy) is 1. The summed E-state index contributed by atoms with van der Waals surface area (Å²) in [7, 11) is 0. The molecular weight excluding hydrogens is 238 g/mol. The Morgan fingerprint density at radius 2 is 2.32 bits per heavy atom. The molecule has 0 radical (unpaired) electrons. The van der Waals surface area contributed by atoms with Crippen molar-refractivity contribution in [3.63, 3.8) is 0 Å². The normalized spacial score (nSPS) is 23.6. The molecule has 1 aromatic rings. The van der Waals surface area contributed by atoms with Gasteiger partial charge in [-0.05, 0) is 32.0 Å². The van der Waals surface area contributed by atoms with Gasteiger partial charge >= 0.3 is 0 Å². The summed E-state index contributed by atoms with van der Waals surface area (Å²) in [6.07, 6.45) is 3.32. The minimum Gasteiger partial charge on any atom is -0.375 e. The third-order valence-electron chi connectivity index (χ3n) is 3.63. The molecule has 4 nitrogen and oxygen atoms in total. The zero-order valence-electron chi connectivity index (χ0n) is 12.2. The van der Waals surface area contributed by atoms with E-state index in [1.54, 1.807) is 0 Å². The number of pyridine rings is 1. The van der Waals surface area contributed by atoms with Crippen LogP contribution in [0.25, 0.3) is 0 Å². The second-order valence-electron chi connectivity index (χ2n) is 5.14. The first-order valence-electron chi connectivity index (χ1n) is 7.28. The lowest BCUT2D eigenvalue weighted by molar-refractivity contribution is 0.0299. The topological polar surface area (TPSA) is 37.4 Å². The Morgan fingerprint density at radius 1 is 1.47 bits per heavy atom. The Morgan fingerprint density at radius 3 is 3.05 bits per heavy atom. The molecule has 1 aromatic heterocycles. The van der Waals surface area contributed by atoms with Crippen LogP contribution in [0.15, 0.2) is 18.3 Å². The summed E-state index contributed by atoms with van der Waals surface area (Å²) in [5, 5.41) is 3.32. The van der Waals surface area contributed by atoms with Crippen LogP contribution in [-0.2, 0) is 11.3 Å². The van der Waals surface area contributed by atoms with Crippen molar-refractivity contribution in [1.29, 1.82) is 0 Å². The van der Waals surface area contributed by atoms with Crippen LogP contribution in [0.2, 0.25) is 0 Å². The van der Waals surface area contributed by atoms with Gasteiger partial charge in [0.1, 0.15) is 0 Å². The van der Waals surface area contributed by atoms with Gasteiger partial charge in [0.2, 0.25) is 0 Å². The number of rotatable bonds is 5. The van der Waals surface area contributed by atoms with E-state index in [9.17, 15) is 0 Å². The maximum absolute atomic E-state index is 5.76. The van der Waals surface area contributed by atoms with Crippen molar-refractivity contribution in [2.75, 3.05) is 24.6 Å².